The lowest BCUT2D eigenvalue weighted by Gasteiger charge is -2.16. The zero-order valence-corrected chi connectivity index (χ0v) is 13.6. The fraction of sp³-hybridized carbons (Fsp3) is 0.222. The second kappa shape index (κ2) is 7.04. The van der Waals surface area contributed by atoms with Crippen LogP contribution in [0.4, 0.5) is 5.95 Å². The predicted molar refractivity (Wildman–Crippen MR) is 91.6 cm³/mol. The molecule has 6 heteroatoms. The third-order valence-electron chi connectivity index (χ3n) is 3.65. The molecule has 1 amide bonds. The van der Waals surface area contributed by atoms with Crippen LogP contribution < -0.4 is 5.32 Å². The molecule has 1 aromatic heterocycles. The third-order valence-corrected chi connectivity index (χ3v) is 3.65. The molecule has 0 atom stereocenters. The van der Waals surface area contributed by atoms with Crippen LogP contribution in [0.1, 0.15) is 36.9 Å². The first kappa shape index (κ1) is 15.9. The quantitative estimate of drug-likeness (QED) is 0.784. The molecule has 0 aliphatic rings. The van der Waals surface area contributed by atoms with Crippen molar-refractivity contribution in [3.63, 3.8) is 0 Å². The Hall–Kier alpha value is -3.02. The lowest BCUT2D eigenvalue weighted by atomic mass is 9.90. The summed E-state index contributed by atoms with van der Waals surface area (Å²) in [5.41, 5.74) is 1.83. The van der Waals surface area contributed by atoms with E-state index < -0.39 is 5.92 Å². The molecular weight excluding hydrogens is 302 g/mol. The van der Waals surface area contributed by atoms with Gasteiger partial charge in [0.1, 0.15) is 0 Å². The van der Waals surface area contributed by atoms with Crippen molar-refractivity contribution in [1.29, 1.82) is 0 Å². The van der Waals surface area contributed by atoms with Gasteiger partial charge in [0.05, 0.1) is 12.0 Å². The van der Waals surface area contributed by atoms with Crippen LogP contribution >= 0.6 is 0 Å². The van der Waals surface area contributed by atoms with Gasteiger partial charge >= 0.3 is 0 Å². The maximum atomic E-state index is 12.9. The van der Waals surface area contributed by atoms with Crippen molar-refractivity contribution in [1.82, 2.24) is 20.2 Å². The number of aromatic nitrogens is 4. The van der Waals surface area contributed by atoms with Gasteiger partial charge < -0.3 is 0 Å². The van der Waals surface area contributed by atoms with Gasteiger partial charge in [0.15, 0.2) is 0 Å². The first-order valence-corrected chi connectivity index (χ1v) is 7.85. The van der Waals surface area contributed by atoms with Gasteiger partial charge in [-0.05, 0) is 30.2 Å². The van der Waals surface area contributed by atoms with Crippen LogP contribution in [-0.4, -0.2) is 26.1 Å². The Bertz CT molecular complexity index is 759. The van der Waals surface area contributed by atoms with Crippen LogP contribution in [0.2, 0.25) is 0 Å². The van der Waals surface area contributed by atoms with Crippen molar-refractivity contribution in [2.75, 3.05) is 5.32 Å². The van der Waals surface area contributed by atoms with Gasteiger partial charge in [-0.1, -0.05) is 65.8 Å². The third kappa shape index (κ3) is 3.48. The molecule has 0 aliphatic carbocycles. The minimum Gasteiger partial charge on any atom is -0.291 e. The molecule has 0 aliphatic heterocycles. The molecule has 0 saturated carbocycles. The largest absolute Gasteiger partial charge is 0.291 e. The SMILES string of the molecule is CC(C)n1nnc(NC(=O)C(c2ccccc2)c2ccccc2)n1. The summed E-state index contributed by atoms with van der Waals surface area (Å²) in [5.74, 6) is -0.403. The molecule has 122 valence electrons. The van der Waals surface area contributed by atoms with E-state index in [1.54, 1.807) is 0 Å². The second-order valence-corrected chi connectivity index (χ2v) is 5.77. The van der Waals surface area contributed by atoms with E-state index >= 15 is 0 Å². The smallest absolute Gasteiger partial charge is 0.270 e. The van der Waals surface area contributed by atoms with Crippen LogP contribution in [0.15, 0.2) is 60.7 Å². The number of hydrogen-bond acceptors (Lipinski definition) is 4. The average Bonchev–Trinajstić information content (AvgIpc) is 3.06. The molecular formula is C18H19N5O. The van der Waals surface area contributed by atoms with E-state index in [0.29, 0.717) is 0 Å². The zero-order valence-electron chi connectivity index (χ0n) is 13.6. The molecule has 24 heavy (non-hydrogen) atoms. The van der Waals surface area contributed by atoms with Crippen molar-refractivity contribution >= 4 is 11.9 Å². The first-order chi connectivity index (χ1) is 11.6. The highest BCUT2D eigenvalue weighted by molar-refractivity contribution is 5.96. The first-order valence-electron chi connectivity index (χ1n) is 7.85. The van der Waals surface area contributed by atoms with Crippen molar-refractivity contribution in [3.8, 4) is 0 Å². The fourth-order valence-electron chi connectivity index (χ4n) is 2.46. The Morgan fingerprint density at radius 2 is 1.50 bits per heavy atom. The summed E-state index contributed by atoms with van der Waals surface area (Å²) in [6.45, 7) is 3.90. The number of nitrogens with one attached hydrogen (secondary N) is 1. The summed E-state index contributed by atoms with van der Waals surface area (Å²) in [6.07, 6.45) is 0. The Balaban J connectivity index is 1.89. The highest BCUT2D eigenvalue weighted by Gasteiger charge is 2.23. The number of carbonyl (C=O) groups excluding carboxylic acids is 1. The highest BCUT2D eigenvalue weighted by Crippen LogP contribution is 2.25. The zero-order chi connectivity index (χ0) is 16.9. The number of benzene rings is 2. The summed E-state index contributed by atoms with van der Waals surface area (Å²) < 4.78 is 0. The number of rotatable bonds is 5. The summed E-state index contributed by atoms with van der Waals surface area (Å²) in [5, 5.41) is 14.8. The molecule has 2 aromatic carbocycles. The van der Waals surface area contributed by atoms with Gasteiger partial charge in [-0.3, -0.25) is 10.1 Å². The van der Waals surface area contributed by atoms with Crippen LogP contribution in [0.25, 0.3) is 0 Å². The van der Waals surface area contributed by atoms with Crippen molar-refractivity contribution < 1.29 is 4.79 Å². The van der Waals surface area contributed by atoms with Gasteiger partial charge in [-0.2, -0.15) is 4.80 Å². The lowest BCUT2D eigenvalue weighted by molar-refractivity contribution is -0.116. The fourth-order valence-corrected chi connectivity index (χ4v) is 2.46. The van der Waals surface area contributed by atoms with E-state index in [2.05, 4.69) is 20.7 Å². The van der Waals surface area contributed by atoms with E-state index in [-0.39, 0.29) is 17.9 Å². The van der Waals surface area contributed by atoms with Gasteiger partial charge in [0.2, 0.25) is 5.91 Å². The summed E-state index contributed by atoms with van der Waals surface area (Å²) in [6, 6.07) is 19.4. The van der Waals surface area contributed by atoms with E-state index in [0.717, 1.165) is 11.1 Å². The van der Waals surface area contributed by atoms with Gasteiger partial charge in [-0.25, -0.2) is 0 Å². The molecule has 1 heterocycles. The molecule has 0 fully saturated rings. The highest BCUT2D eigenvalue weighted by atomic mass is 16.2. The molecule has 3 aromatic rings. The summed E-state index contributed by atoms with van der Waals surface area (Å²) in [7, 11) is 0. The van der Waals surface area contributed by atoms with Crippen molar-refractivity contribution in [3.05, 3.63) is 71.8 Å². The maximum Gasteiger partial charge on any atom is 0.270 e. The van der Waals surface area contributed by atoms with Crippen molar-refractivity contribution in [2.45, 2.75) is 25.8 Å². The number of hydrogen-bond donors (Lipinski definition) is 1. The molecule has 0 radical (unpaired) electrons. The summed E-state index contributed by atoms with van der Waals surface area (Å²) in [4.78, 5) is 14.3. The Labute approximate surface area is 140 Å². The van der Waals surface area contributed by atoms with Gasteiger partial charge in [0.25, 0.3) is 5.95 Å². The van der Waals surface area contributed by atoms with Crippen LogP contribution in [-0.2, 0) is 4.79 Å². The number of amides is 1. The lowest BCUT2D eigenvalue weighted by Crippen LogP contribution is -2.23. The maximum absolute atomic E-state index is 12.9. The average molecular weight is 321 g/mol. The monoisotopic (exact) mass is 321 g/mol. The number of tetrazole rings is 1. The molecule has 0 saturated heterocycles. The number of nitrogens with zero attached hydrogens (tertiary/aromatic N) is 4. The topological polar surface area (TPSA) is 72.7 Å². The Morgan fingerprint density at radius 1 is 0.958 bits per heavy atom. The molecule has 0 unspecified atom stereocenters. The van der Waals surface area contributed by atoms with E-state index in [9.17, 15) is 4.79 Å². The van der Waals surface area contributed by atoms with Gasteiger partial charge in [-0.15, -0.1) is 5.10 Å². The van der Waals surface area contributed by atoms with Crippen LogP contribution in [0.5, 0.6) is 0 Å². The summed E-state index contributed by atoms with van der Waals surface area (Å²) >= 11 is 0. The standard InChI is InChI=1S/C18H19N5O/c1-13(2)23-21-18(20-22-23)19-17(24)16(14-9-5-3-6-10-14)15-11-7-4-8-12-15/h3-13,16H,1-2H3,(H,19,21,24). The molecule has 0 bridgehead atoms. The minimum atomic E-state index is -0.432. The predicted octanol–water partition coefficient (Wildman–Crippen LogP) is 3.02. The van der Waals surface area contributed by atoms with E-state index in [4.69, 9.17) is 0 Å². The van der Waals surface area contributed by atoms with Crippen LogP contribution in [0, 0.1) is 0 Å². The normalized spacial score (nSPS) is 11.0. The molecule has 1 N–H and O–H groups in total. The molecule has 6 nitrogen and oxygen atoms in total. The Morgan fingerprint density at radius 3 is 1.96 bits per heavy atom. The van der Waals surface area contributed by atoms with Crippen molar-refractivity contribution in [2.24, 2.45) is 0 Å². The van der Waals surface area contributed by atoms with E-state index in [1.165, 1.54) is 4.80 Å². The van der Waals surface area contributed by atoms with Crippen LogP contribution in [0.3, 0.4) is 0 Å². The minimum absolute atomic E-state index is 0.0854. The van der Waals surface area contributed by atoms with E-state index in [1.807, 2.05) is 74.5 Å². The Kier molecular flexibility index (Phi) is 4.65. The molecule has 0 spiro atoms. The molecule has 3 rings (SSSR count). The van der Waals surface area contributed by atoms with Gasteiger partial charge in [0, 0.05) is 0 Å². The number of anilines is 1. The second-order valence-electron chi connectivity index (χ2n) is 5.77. The number of carbonyl (C=O) groups is 1.